The van der Waals surface area contributed by atoms with Gasteiger partial charge in [-0.05, 0) is 56.0 Å². The SMILES string of the molecule is CCN(CC(=O)NCCc1ccc(S(=O)(=O)N2CCCC2)cc1)S(=O)(=O)c1ccc(C)cc1. The van der Waals surface area contributed by atoms with Crippen molar-refractivity contribution in [2.75, 3.05) is 32.7 Å². The smallest absolute Gasteiger partial charge is 0.243 e. The van der Waals surface area contributed by atoms with Gasteiger partial charge in [0.15, 0.2) is 0 Å². The third-order valence-electron chi connectivity index (χ3n) is 5.69. The van der Waals surface area contributed by atoms with Gasteiger partial charge in [0.2, 0.25) is 26.0 Å². The molecule has 10 heteroatoms. The molecule has 0 bridgehead atoms. The second kappa shape index (κ2) is 10.8. The van der Waals surface area contributed by atoms with Crippen molar-refractivity contribution >= 4 is 26.0 Å². The molecule has 0 radical (unpaired) electrons. The van der Waals surface area contributed by atoms with Gasteiger partial charge in [-0.3, -0.25) is 4.79 Å². The molecule has 0 aromatic heterocycles. The van der Waals surface area contributed by atoms with E-state index in [0.29, 0.717) is 26.1 Å². The molecule has 0 atom stereocenters. The number of aryl methyl sites for hydroxylation is 1. The zero-order valence-electron chi connectivity index (χ0n) is 19.0. The molecule has 1 N–H and O–H groups in total. The van der Waals surface area contributed by atoms with E-state index >= 15 is 0 Å². The van der Waals surface area contributed by atoms with Gasteiger partial charge in [0, 0.05) is 26.2 Å². The van der Waals surface area contributed by atoms with Gasteiger partial charge < -0.3 is 5.32 Å². The fourth-order valence-corrected chi connectivity index (χ4v) is 6.62. The summed E-state index contributed by atoms with van der Waals surface area (Å²) in [6, 6.07) is 13.2. The zero-order chi connectivity index (χ0) is 24.1. The van der Waals surface area contributed by atoms with Crippen LogP contribution < -0.4 is 5.32 Å². The minimum absolute atomic E-state index is 0.159. The first kappa shape index (κ1) is 25.4. The van der Waals surface area contributed by atoms with E-state index in [-0.39, 0.29) is 28.8 Å². The van der Waals surface area contributed by atoms with Crippen molar-refractivity contribution in [2.45, 2.75) is 42.9 Å². The summed E-state index contributed by atoms with van der Waals surface area (Å²) in [5, 5.41) is 2.75. The lowest BCUT2D eigenvalue weighted by Gasteiger charge is -2.20. The van der Waals surface area contributed by atoms with Crippen LogP contribution in [0.5, 0.6) is 0 Å². The predicted molar refractivity (Wildman–Crippen MR) is 127 cm³/mol. The summed E-state index contributed by atoms with van der Waals surface area (Å²) in [4.78, 5) is 12.8. The molecule has 1 aliphatic heterocycles. The van der Waals surface area contributed by atoms with Gasteiger partial charge in [-0.2, -0.15) is 8.61 Å². The van der Waals surface area contributed by atoms with Crippen LogP contribution in [0.4, 0.5) is 0 Å². The standard InChI is InChI=1S/C23H31N3O5S2/c1-3-25(32(28,29)21-10-6-19(2)7-11-21)18-23(27)24-15-14-20-8-12-22(13-9-20)33(30,31)26-16-4-5-17-26/h6-13H,3-5,14-18H2,1-2H3,(H,24,27). The van der Waals surface area contributed by atoms with E-state index in [0.717, 1.165) is 28.3 Å². The number of benzene rings is 2. The van der Waals surface area contributed by atoms with Gasteiger partial charge >= 0.3 is 0 Å². The Kier molecular flexibility index (Phi) is 8.28. The molecule has 2 aromatic carbocycles. The number of hydrogen-bond donors (Lipinski definition) is 1. The zero-order valence-corrected chi connectivity index (χ0v) is 20.7. The molecular weight excluding hydrogens is 462 g/mol. The number of nitrogens with zero attached hydrogens (tertiary/aromatic N) is 2. The Bertz CT molecular complexity index is 1160. The van der Waals surface area contributed by atoms with Crippen LogP contribution in [0.15, 0.2) is 58.3 Å². The summed E-state index contributed by atoms with van der Waals surface area (Å²) in [7, 11) is -7.20. The highest BCUT2D eigenvalue weighted by atomic mass is 32.2. The number of nitrogens with one attached hydrogen (secondary N) is 1. The molecule has 0 spiro atoms. The highest BCUT2D eigenvalue weighted by Gasteiger charge is 2.27. The van der Waals surface area contributed by atoms with Crippen LogP contribution in [-0.2, 0) is 31.3 Å². The number of hydrogen-bond acceptors (Lipinski definition) is 5. The van der Waals surface area contributed by atoms with E-state index in [1.807, 2.05) is 6.92 Å². The Balaban J connectivity index is 1.52. The lowest BCUT2D eigenvalue weighted by molar-refractivity contribution is -0.121. The highest BCUT2D eigenvalue weighted by Crippen LogP contribution is 2.21. The number of rotatable bonds is 10. The van der Waals surface area contributed by atoms with E-state index in [4.69, 9.17) is 0 Å². The van der Waals surface area contributed by atoms with E-state index in [9.17, 15) is 21.6 Å². The molecule has 1 fully saturated rings. The maximum absolute atomic E-state index is 12.8. The third kappa shape index (κ3) is 6.20. The maximum Gasteiger partial charge on any atom is 0.243 e. The molecule has 33 heavy (non-hydrogen) atoms. The topological polar surface area (TPSA) is 104 Å². The van der Waals surface area contributed by atoms with Crippen molar-refractivity contribution in [2.24, 2.45) is 0 Å². The minimum atomic E-state index is -3.75. The molecule has 2 aromatic rings. The molecule has 180 valence electrons. The monoisotopic (exact) mass is 493 g/mol. The quantitative estimate of drug-likeness (QED) is 0.546. The maximum atomic E-state index is 12.8. The Morgan fingerprint density at radius 1 is 0.939 bits per heavy atom. The van der Waals surface area contributed by atoms with Crippen LogP contribution in [0.3, 0.4) is 0 Å². The van der Waals surface area contributed by atoms with Gasteiger partial charge in [0.1, 0.15) is 0 Å². The first-order valence-corrected chi connectivity index (χ1v) is 13.9. The van der Waals surface area contributed by atoms with Crippen LogP contribution >= 0.6 is 0 Å². The van der Waals surface area contributed by atoms with E-state index < -0.39 is 20.0 Å². The Morgan fingerprint density at radius 3 is 2.09 bits per heavy atom. The molecule has 3 rings (SSSR count). The molecule has 0 unspecified atom stereocenters. The second-order valence-corrected chi connectivity index (χ2v) is 12.0. The average Bonchev–Trinajstić information content (AvgIpc) is 3.34. The Hall–Kier alpha value is -2.27. The molecule has 0 saturated carbocycles. The summed E-state index contributed by atoms with van der Waals surface area (Å²) in [6.07, 6.45) is 2.28. The number of sulfonamides is 2. The third-order valence-corrected chi connectivity index (χ3v) is 9.54. The van der Waals surface area contributed by atoms with Crippen LogP contribution in [-0.4, -0.2) is 64.1 Å². The number of carbonyl (C=O) groups excluding carboxylic acids is 1. The molecule has 1 aliphatic rings. The first-order chi connectivity index (χ1) is 15.6. The van der Waals surface area contributed by atoms with Crippen LogP contribution in [0.1, 0.15) is 30.9 Å². The number of amides is 1. The normalized spacial score (nSPS) is 15.1. The summed E-state index contributed by atoms with van der Waals surface area (Å²) >= 11 is 0. The van der Waals surface area contributed by atoms with Crippen molar-refractivity contribution in [3.63, 3.8) is 0 Å². The van der Waals surface area contributed by atoms with Gasteiger partial charge in [-0.25, -0.2) is 16.8 Å². The summed E-state index contributed by atoms with van der Waals surface area (Å²) in [6.45, 7) is 4.92. The lowest BCUT2D eigenvalue weighted by atomic mass is 10.1. The Labute approximate surface area is 196 Å². The summed E-state index contributed by atoms with van der Waals surface area (Å²) in [5.74, 6) is -0.388. The van der Waals surface area contributed by atoms with E-state index in [2.05, 4.69) is 5.32 Å². The summed E-state index contributed by atoms with van der Waals surface area (Å²) in [5.41, 5.74) is 1.84. The van der Waals surface area contributed by atoms with Crippen molar-refractivity contribution < 1.29 is 21.6 Å². The second-order valence-electron chi connectivity index (χ2n) is 8.10. The van der Waals surface area contributed by atoms with Crippen molar-refractivity contribution in [3.05, 3.63) is 59.7 Å². The fraction of sp³-hybridized carbons (Fsp3) is 0.435. The van der Waals surface area contributed by atoms with Crippen LogP contribution in [0.2, 0.25) is 0 Å². The van der Waals surface area contributed by atoms with Crippen molar-refractivity contribution in [3.8, 4) is 0 Å². The predicted octanol–water partition coefficient (Wildman–Crippen LogP) is 2.15. The molecule has 8 nitrogen and oxygen atoms in total. The number of carbonyl (C=O) groups is 1. The van der Waals surface area contributed by atoms with Gasteiger partial charge in [0.05, 0.1) is 16.3 Å². The van der Waals surface area contributed by atoms with Gasteiger partial charge in [0.25, 0.3) is 0 Å². The number of likely N-dealkylation sites (N-methyl/N-ethyl adjacent to an activating group) is 1. The minimum Gasteiger partial charge on any atom is -0.355 e. The molecule has 1 heterocycles. The van der Waals surface area contributed by atoms with Crippen molar-refractivity contribution in [1.82, 2.24) is 13.9 Å². The Morgan fingerprint density at radius 2 is 1.52 bits per heavy atom. The summed E-state index contributed by atoms with van der Waals surface area (Å²) < 4.78 is 53.5. The van der Waals surface area contributed by atoms with Gasteiger partial charge in [-0.1, -0.05) is 36.8 Å². The van der Waals surface area contributed by atoms with Crippen molar-refractivity contribution in [1.29, 1.82) is 0 Å². The largest absolute Gasteiger partial charge is 0.355 e. The van der Waals surface area contributed by atoms with E-state index in [1.165, 1.54) is 4.31 Å². The van der Waals surface area contributed by atoms with Crippen LogP contribution in [0.25, 0.3) is 0 Å². The highest BCUT2D eigenvalue weighted by molar-refractivity contribution is 7.89. The molecule has 1 amide bonds. The molecule has 0 aliphatic carbocycles. The molecule has 1 saturated heterocycles. The fourth-order valence-electron chi connectivity index (χ4n) is 3.69. The van der Waals surface area contributed by atoms with Crippen LogP contribution in [0, 0.1) is 6.92 Å². The molecular formula is C23H31N3O5S2. The average molecular weight is 494 g/mol. The van der Waals surface area contributed by atoms with E-state index in [1.54, 1.807) is 55.5 Å². The lowest BCUT2D eigenvalue weighted by Crippen LogP contribution is -2.41. The van der Waals surface area contributed by atoms with Gasteiger partial charge in [-0.15, -0.1) is 0 Å². The first-order valence-electron chi connectivity index (χ1n) is 11.1.